The average molecular weight is 283 g/mol. The van der Waals surface area contributed by atoms with Crippen LogP contribution in [0.4, 0.5) is 10.1 Å². The number of halogens is 1. The number of amidine groups is 1. The Morgan fingerprint density at radius 2 is 2.20 bits per heavy atom. The summed E-state index contributed by atoms with van der Waals surface area (Å²) in [6.45, 7) is 5.98. The third kappa shape index (κ3) is 4.09. The van der Waals surface area contributed by atoms with Crippen molar-refractivity contribution in [2.75, 3.05) is 31.7 Å². The molecule has 0 aliphatic rings. The van der Waals surface area contributed by atoms with Gasteiger partial charge in [-0.05, 0) is 18.1 Å². The van der Waals surface area contributed by atoms with Crippen molar-refractivity contribution in [3.8, 4) is 0 Å². The Balaban J connectivity index is 3.21. The number of ether oxygens (including phenoxy) is 1. The van der Waals surface area contributed by atoms with Crippen molar-refractivity contribution in [2.24, 2.45) is 16.8 Å². The summed E-state index contributed by atoms with van der Waals surface area (Å²) >= 11 is 0. The van der Waals surface area contributed by atoms with Gasteiger partial charge in [0.1, 0.15) is 5.82 Å². The Bertz CT molecular complexity index is 464. The Hall–Kier alpha value is -1.82. The lowest BCUT2D eigenvalue weighted by molar-refractivity contribution is 0.204. The molecule has 0 amide bonds. The van der Waals surface area contributed by atoms with Crippen LogP contribution in [0.2, 0.25) is 0 Å². The topological polar surface area (TPSA) is 71.1 Å². The minimum Gasteiger partial charge on any atom is -0.409 e. The van der Waals surface area contributed by atoms with Crippen LogP contribution in [0.25, 0.3) is 0 Å². The number of hydrogen-bond donors (Lipinski definition) is 2. The molecule has 0 spiro atoms. The van der Waals surface area contributed by atoms with E-state index in [9.17, 15) is 4.39 Å². The van der Waals surface area contributed by atoms with E-state index in [-0.39, 0.29) is 11.4 Å². The van der Waals surface area contributed by atoms with Gasteiger partial charge in [-0.1, -0.05) is 25.1 Å². The molecule has 0 bridgehead atoms. The van der Waals surface area contributed by atoms with Gasteiger partial charge in [-0.3, -0.25) is 0 Å². The molecule has 1 rings (SSSR count). The van der Waals surface area contributed by atoms with Crippen molar-refractivity contribution in [3.63, 3.8) is 0 Å². The highest BCUT2D eigenvalue weighted by atomic mass is 19.1. The smallest absolute Gasteiger partial charge is 0.175 e. The summed E-state index contributed by atoms with van der Waals surface area (Å²) in [6.07, 6.45) is 0. The van der Waals surface area contributed by atoms with Gasteiger partial charge in [0.2, 0.25) is 0 Å². The Morgan fingerprint density at radius 3 is 2.75 bits per heavy atom. The van der Waals surface area contributed by atoms with E-state index in [1.807, 2.05) is 4.90 Å². The number of anilines is 1. The molecule has 1 aromatic carbocycles. The van der Waals surface area contributed by atoms with Gasteiger partial charge in [-0.15, -0.1) is 0 Å². The SMILES string of the molecule is COCCN(CC(C)C)c1cccc(F)c1C(N)=NO. The van der Waals surface area contributed by atoms with Crippen molar-refractivity contribution in [1.29, 1.82) is 0 Å². The van der Waals surface area contributed by atoms with E-state index < -0.39 is 5.82 Å². The molecule has 112 valence electrons. The summed E-state index contributed by atoms with van der Waals surface area (Å²) in [5.74, 6) is -0.358. The highest BCUT2D eigenvalue weighted by Crippen LogP contribution is 2.24. The first-order valence-corrected chi connectivity index (χ1v) is 6.51. The molecule has 0 unspecified atom stereocenters. The van der Waals surface area contributed by atoms with Crippen LogP contribution < -0.4 is 10.6 Å². The van der Waals surface area contributed by atoms with E-state index in [2.05, 4.69) is 19.0 Å². The van der Waals surface area contributed by atoms with E-state index in [1.54, 1.807) is 19.2 Å². The average Bonchev–Trinajstić information content (AvgIpc) is 2.42. The molecule has 0 radical (unpaired) electrons. The molecule has 0 saturated carbocycles. The maximum atomic E-state index is 14.0. The van der Waals surface area contributed by atoms with Crippen LogP contribution in [-0.4, -0.2) is 37.8 Å². The molecular weight excluding hydrogens is 261 g/mol. The lowest BCUT2D eigenvalue weighted by Crippen LogP contribution is -2.33. The van der Waals surface area contributed by atoms with E-state index in [0.717, 1.165) is 6.54 Å². The Morgan fingerprint density at radius 1 is 1.50 bits per heavy atom. The molecule has 6 heteroatoms. The van der Waals surface area contributed by atoms with Gasteiger partial charge in [-0.25, -0.2) is 4.39 Å². The zero-order chi connectivity index (χ0) is 15.1. The highest BCUT2D eigenvalue weighted by Gasteiger charge is 2.18. The van der Waals surface area contributed by atoms with Gasteiger partial charge in [0.25, 0.3) is 0 Å². The van der Waals surface area contributed by atoms with E-state index in [1.165, 1.54) is 6.07 Å². The summed E-state index contributed by atoms with van der Waals surface area (Å²) < 4.78 is 19.1. The van der Waals surface area contributed by atoms with Gasteiger partial charge in [-0.2, -0.15) is 0 Å². The molecule has 20 heavy (non-hydrogen) atoms. The predicted molar refractivity (Wildman–Crippen MR) is 77.8 cm³/mol. The monoisotopic (exact) mass is 283 g/mol. The molecule has 0 aliphatic heterocycles. The van der Waals surface area contributed by atoms with Crippen molar-refractivity contribution >= 4 is 11.5 Å². The lowest BCUT2D eigenvalue weighted by Gasteiger charge is -2.28. The Kier molecular flexibility index (Phi) is 6.24. The molecule has 0 aromatic heterocycles. The van der Waals surface area contributed by atoms with Crippen LogP contribution in [0, 0.1) is 11.7 Å². The van der Waals surface area contributed by atoms with Gasteiger partial charge in [0.05, 0.1) is 17.9 Å². The third-order valence-corrected chi connectivity index (χ3v) is 2.85. The molecule has 0 aliphatic carbocycles. The van der Waals surface area contributed by atoms with Crippen LogP contribution in [0.5, 0.6) is 0 Å². The maximum Gasteiger partial charge on any atom is 0.175 e. The lowest BCUT2D eigenvalue weighted by atomic mass is 10.1. The minimum absolute atomic E-state index is 0.117. The van der Waals surface area contributed by atoms with Gasteiger partial charge in [0, 0.05) is 20.2 Å². The molecule has 0 saturated heterocycles. The molecule has 3 N–H and O–H groups in total. The first-order valence-electron chi connectivity index (χ1n) is 6.51. The van der Waals surface area contributed by atoms with Crippen LogP contribution >= 0.6 is 0 Å². The first-order chi connectivity index (χ1) is 9.51. The normalized spacial score (nSPS) is 11.9. The number of nitrogens with two attached hydrogens (primary N) is 1. The van der Waals surface area contributed by atoms with E-state index >= 15 is 0 Å². The number of oxime groups is 1. The number of benzene rings is 1. The van der Waals surface area contributed by atoms with Crippen molar-refractivity contribution < 1.29 is 14.3 Å². The van der Waals surface area contributed by atoms with Crippen molar-refractivity contribution in [3.05, 3.63) is 29.6 Å². The molecular formula is C14H22FN3O2. The second-order valence-corrected chi connectivity index (χ2v) is 4.95. The molecule has 5 nitrogen and oxygen atoms in total. The summed E-state index contributed by atoms with van der Waals surface area (Å²) in [6, 6.07) is 4.66. The molecule has 0 fully saturated rings. The van der Waals surface area contributed by atoms with Crippen LogP contribution in [0.15, 0.2) is 23.4 Å². The fourth-order valence-electron chi connectivity index (χ4n) is 2.03. The van der Waals surface area contributed by atoms with Gasteiger partial charge < -0.3 is 20.6 Å². The standard InChI is InChI=1S/C14H22FN3O2/c1-10(2)9-18(7-8-20-3)12-6-4-5-11(15)13(12)14(16)17-19/h4-6,10,19H,7-9H2,1-3H3,(H2,16,17). The van der Waals surface area contributed by atoms with E-state index in [0.29, 0.717) is 24.8 Å². The van der Waals surface area contributed by atoms with E-state index in [4.69, 9.17) is 15.7 Å². The number of methoxy groups -OCH3 is 1. The molecule has 0 atom stereocenters. The maximum absolute atomic E-state index is 14.0. The zero-order valence-electron chi connectivity index (χ0n) is 12.1. The summed E-state index contributed by atoms with van der Waals surface area (Å²) in [5, 5.41) is 11.7. The summed E-state index contributed by atoms with van der Waals surface area (Å²) in [7, 11) is 1.61. The number of nitrogens with zero attached hydrogens (tertiary/aromatic N) is 2. The second kappa shape index (κ2) is 7.69. The van der Waals surface area contributed by atoms with Crippen LogP contribution in [0.3, 0.4) is 0 Å². The predicted octanol–water partition coefficient (Wildman–Crippen LogP) is 2.03. The first kappa shape index (κ1) is 16.2. The van der Waals surface area contributed by atoms with Crippen molar-refractivity contribution in [2.45, 2.75) is 13.8 Å². The summed E-state index contributed by atoms with van der Waals surface area (Å²) in [4.78, 5) is 1.98. The molecule has 0 heterocycles. The van der Waals surface area contributed by atoms with Gasteiger partial charge in [0.15, 0.2) is 5.84 Å². The summed E-state index contributed by atoms with van der Waals surface area (Å²) in [5.41, 5.74) is 6.32. The molecule has 1 aromatic rings. The highest BCUT2D eigenvalue weighted by molar-refractivity contribution is 6.02. The fourth-order valence-corrected chi connectivity index (χ4v) is 2.03. The number of rotatable bonds is 7. The minimum atomic E-state index is -0.510. The quantitative estimate of drug-likeness (QED) is 0.348. The van der Waals surface area contributed by atoms with Gasteiger partial charge >= 0.3 is 0 Å². The number of hydrogen-bond acceptors (Lipinski definition) is 4. The second-order valence-electron chi connectivity index (χ2n) is 4.95. The Labute approximate surface area is 118 Å². The zero-order valence-corrected chi connectivity index (χ0v) is 12.1. The third-order valence-electron chi connectivity index (χ3n) is 2.85. The van der Waals surface area contributed by atoms with Crippen molar-refractivity contribution in [1.82, 2.24) is 0 Å². The van der Waals surface area contributed by atoms with Crippen LogP contribution in [-0.2, 0) is 4.74 Å². The fraction of sp³-hybridized carbons (Fsp3) is 0.500. The van der Waals surface area contributed by atoms with Crippen LogP contribution in [0.1, 0.15) is 19.4 Å². The largest absolute Gasteiger partial charge is 0.409 e.